The van der Waals surface area contributed by atoms with Crippen molar-refractivity contribution >= 4 is 5.82 Å². The highest BCUT2D eigenvalue weighted by molar-refractivity contribution is 5.35. The molecular formula is C11H15N5. The third-order valence-electron chi connectivity index (χ3n) is 2.38. The molecule has 0 saturated carbocycles. The van der Waals surface area contributed by atoms with Gasteiger partial charge in [0.05, 0.1) is 5.69 Å². The SMILES string of the molecule is Cc1cc(NCc2cn(C)nc2C)ncn1. The first-order chi connectivity index (χ1) is 7.65. The van der Waals surface area contributed by atoms with E-state index in [1.807, 2.05) is 37.8 Å². The summed E-state index contributed by atoms with van der Waals surface area (Å²) in [5, 5.41) is 7.54. The molecule has 0 fully saturated rings. The lowest BCUT2D eigenvalue weighted by atomic mass is 10.2. The molecule has 2 heterocycles. The van der Waals surface area contributed by atoms with Crippen molar-refractivity contribution in [2.75, 3.05) is 5.32 Å². The van der Waals surface area contributed by atoms with Gasteiger partial charge in [-0.1, -0.05) is 0 Å². The third kappa shape index (κ3) is 2.36. The number of rotatable bonds is 3. The van der Waals surface area contributed by atoms with Crippen molar-refractivity contribution in [1.29, 1.82) is 0 Å². The summed E-state index contributed by atoms with van der Waals surface area (Å²) in [7, 11) is 1.92. The van der Waals surface area contributed by atoms with Gasteiger partial charge in [0.1, 0.15) is 12.1 Å². The smallest absolute Gasteiger partial charge is 0.129 e. The van der Waals surface area contributed by atoms with Crippen LogP contribution in [0.1, 0.15) is 17.0 Å². The molecule has 0 atom stereocenters. The van der Waals surface area contributed by atoms with Gasteiger partial charge < -0.3 is 5.32 Å². The largest absolute Gasteiger partial charge is 0.366 e. The van der Waals surface area contributed by atoms with Gasteiger partial charge in [-0.05, 0) is 13.8 Å². The first-order valence-electron chi connectivity index (χ1n) is 5.17. The lowest BCUT2D eigenvalue weighted by molar-refractivity contribution is 0.756. The minimum Gasteiger partial charge on any atom is -0.366 e. The fraction of sp³-hybridized carbons (Fsp3) is 0.364. The lowest BCUT2D eigenvalue weighted by Crippen LogP contribution is -2.02. The van der Waals surface area contributed by atoms with Crippen molar-refractivity contribution in [3.8, 4) is 0 Å². The van der Waals surface area contributed by atoms with Crippen molar-refractivity contribution in [1.82, 2.24) is 19.7 Å². The Kier molecular flexibility index (Phi) is 2.85. The van der Waals surface area contributed by atoms with Crippen molar-refractivity contribution in [2.24, 2.45) is 7.05 Å². The molecule has 0 aliphatic heterocycles. The quantitative estimate of drug-likeness (QED) is 0.845. The maximum atomic E-state index is 4.28. The number of nitrogens with one attached hydrogen (secondary N) is 1. The summed E-state index contributed by atoms with van der Waals surface area (Å²) in [6.45, 7) is 4.68. The fourth-order valence-electron chi connectivity index (χ4n) is 1.56. The van der Waals surface area contributed by atoms with Crippen LogP contribution in [-0.2, 0) is 13.6 Å². The summed E-state index contributed by atoms with van der Waals surface area (Å²) >= 11 is 0. The zero-order valence-corrected chi connectivity index (χ0v) is 9.73. The van der Waals surface area contributed by atoms with E-state index in [0.29, 0.717) is 0 Å². The van der Waals surface area contributed by atoms with Crippen LogP contribution in [0.4, 0.5) is 5.82 Å². The summed E-state index contributed by atoms with van der Waals surface area (Å²) < 4.78 is 1.82. The molecule has 16 heavy (non-hydrogen) atoms. The maximum absolute atomic E-state index is 4.28. The normalized spacial score (nSPS) is 10.4. The Morgan fingerprint density at radius 2 is 2.12 bits per heavy atom. The highest BCUT2D eigenvalue weighted by Crippen LogP contribution is 2.08. The summed E-state index contributed by atoms with van der Waals surface area (Å²) in [4.78, 5) is 8.19. The molecule has 2 aromatic rings. The van der Waals surface area contributed by atoms with E-state index in [2.05, 4.69) is 20.4 Å². The molecule has 2 rings (SSSR count). The van der Waals surface area contributed by atoms with Gasteiger partial charge in [-0.15, -0.1) is 0 Å². The van der Waals surface area contributed by atoms with Gasteiger partial charge in [0, 0.05) is 37.1 Å². The van der Waals surface area contributed by atoms with Crippen LogP contribution in [0, 0.1) is 13.8 Å². The third-order valence-corrected chi connectivity index (χ3v) is 2.38. The van der Waals surface area contributed by atoms with Crippen LogP contribution < -0.4 is 5.32 Å². The molecule has 0 aliphatic rings. The molecule has 0 unspecified atom stereocenters. The molecule has 1 N–H and O–H groups in total. The van der Waals surface area contributed by atoms with Gasteiger partial charge in [-0.3, -0.25) is 4.68 Å². The van der Waals surface area contributed by atoms with E-state index in [4.69, 9.17) is 0 Å². The average molecular weight is 217 g/mol. The zero-order valence-electron chi connectivity index (χ0n) is 9.73. The number of aromatic nitrogens is 4. The lowest BCUT2D eigenvalue weighted by Gasteiger charge is -2.04. The van der Waals surface area contributed by atoms with Crippen LogP contribution in [0.25, 0.3) is 0 Å². The van der Waals surface area contributed by atoms with Crippen LogP contribution in [0.2, 0.25) is 0 Å². The summed E-state index contributed by atoms with van der Waals surface area (Å²) in [5.74, 6) is 0.843. The van der Waals surface area contributed by atoms with Crippen LogP contribution in [0.15, 0.2) is 18.6 Å². The monoisotopic (exact) mass is 217 g/mol. The van der Waals surface area contributed by atoms with Gasteiger partial charge in [0.2, 0.25) is 0 Å². The Bertz CT molecular complexity index is 489. The Morgan fingerprint density at radius 3 is 2.75 bits per heavy atom. The fourth-order valence-corrected chi connectivity index (χ4v) is 1.56. The van der Waals surface area contributed by atoms with Gasteiger partial charge in [-0.2, -0.15) is 5.10 Å². The minimum absolute atomic E-state index is 0.732. The van der Waals surface area contributed by atoms with E-state index in [0.717, 1.165) is 23.8 Å². The number of hydrogen-bond donors (Lipinski definition) is 1. The van der Waals surface area contributed by atoms with Crippen LogP contribution in [0.5, 0.6) is 0 Å². The molecule has 0 aliphatic carbocycles. The zero-order chi connectivity index (χ0) is 11.5. The number of hydrogen-bond acceptors (Lipinski definition) is 4. The first kappa shape index (κ1) is 10.6. The topological polar surface area (TPSA) is 55.6 Å². The van der Waals surface area contributed by atoms with Gasteiger partial charge in [-0.25, -0.2) is 9.97 Å². The second-order valence-electron chi connectivity index (χ2n) is 3.81. The Labute approximate surface area is 94.5 Å². The van der Waals surface area contributed by atoms with Gasteiger partial charge in [0.25, 0.3) is 0 Å². The Morgan fingerprint density at radius 1 is 1.31 bits per heavy atom. The molecule has 0 bridgehead atoms. The van der Waals surface area contributed by atoms with E-state index < -0.39 is 0 Å². The van der Waals surface area contributed by atoms with Gasteiger partial charge in [0.15, 0.2) is 0 Å². The molecule has 0 saturated heterocycles. The van der Waals surface area contributed by atoms with E-state index in [1.165, 1.54) is 5.56 Å². The average Bonchev–Trinajstić information content (AvgIpc) is 2.54. The summed E-state index contributed by atoms with van der Waals surface area (Å²) in [6.07, 6.45) is 3.57. The van der Waals surface area contributed by atoms with Crippen molar-refractivity contribution in [3.05, 3.63) is 35.5 Å². The molecule has 5 nitrogen and oxygen atoms in total. The van der Waals surface area contributed by atoms with Crippen molar-refractivity contribution < 1.29 is 0 Å². The molecular weight excluding hydrogens is 202 g/mol. The number of nitrogens with zero attached hydrogens (tertiary/aromatic N) is 4. The van der Waals surface area contributed by atoms with Crippen LogP contribution >= 0.6 is 0 Å². The van der Waals surface area contributed by atoms with E-state index in [9.17, 15) is 0 Å². The highest BCUT2D eigenvalue weighted by Gasteiger charge is 2.02. The minimum atomic E-state index is 0.732. The standard InChI is InChI=1S/C11H15N5/c1-8-4-11(14-7-13-8)12-5-10-6-16(3)15-9(10)2/h4,6-7H,5H2,1-3H3,(H,12,13,14). The van der Waals surface area contributed by atoms with Gasteiger partial charge >= 0.3 is 0 Å². The van der Waals surface area contributed by atoms with E-state index >= 15 is 0 Å². The molecule has 84 valence electrons. The second kappa shape index (κ2) is 4.30. The Hall–Kier alpha value is -1.91. The molecule has 5 heteroatoms. The molecule has 0 amide bonds. The number of aryl methyl sites for hydroxylation is 3. The van der Waals surface area contributed by atoms with Crippen LogP contribution in [-0.4, -0.2) is 19.7 Å². The predicted octanol–water partition coefficient (Wildman–Crippen LogP) is 1.44. The summed E-state index contributed by atoms with van der Waals surface area (Å²) in [5.41, 5.74) is 3.18. The Balaban J connectivity index is 2.05. The van der Waals surface area contributed by atoms with E-state index in [-0.39, 0.29) is 0 Å². The van der Waals surface area contributed by atoms with Crippen molar-refractivity contribution in [2.45, 2.75) is 20.4 Å². The molecule has 0 spiro atoms. The molecule has 2 aromatic heterocycles. The van der Waals surface area contributed by atoms with Crippen LogP contribution in [0.3, 0.4) is 0 Å². The summed E-state index contributed by atoms with van der Waals surface area (Å²) in [6, 6.07) is 1.92. The second-order valence-corrected chi connectivity index (χ2v) is 3.81. The maximum Gasteiger partial charge on any atom is 0.129 e. The molecule has 0 aromatic carbocycles. The highest BCUT2D eigenvalue weighted by atomic mass is 15.3. The predicted molar refractivity (Wildman–Crippen MR) is 62.0 cm³/mol. The van der Waals surface area contributed by atoms with E-state index in [1.54, 1.807) is 6.33 Å². The molecule has 0 radical (unpaired) electrons. The first-order valence-corrected chi connectivity index (χ1v) is 5.17. The number of anilines is 1. The van der Waals surface area contributed by atoms with Crippen molar-refractivity contribution in [3.63, 3.8) is 0 Å².